The zero-order valence-corrected chi connectivity index (χ0v) is 20.9. The number of pyridine rings is 2. The Balaban J connectivity index is 1.62. The van der Waals surface area contributed by atoms with Gasteiger partial charge in [0.25, 0.3) is 5.91 Å². The number of rotatable bonds is 7. The molecule has 0 bridgehead atoms. The Labute approximate surface area is 207 Å². The monoisotopic (exact) mass is 465 g/mol. The zero-order valence-electron chi connectivity index (χ0n) is 20.9. The molecule has 0 atom stereocenters. The highest BCUT2D eigenvalue weighted by molar-refractivity contribution is 6.05. The van der Waals surface area contributed by atoms with Gasteiger partial charge in [-0.2, -0.15) is 0 Å². The number of nitrogens with zero attached hydrogens (tertiary/aromatic N) is 2. The van der Waals surface area contributed by atoms with Crippen molar-refractivity contribution in [1.29, 1.82) is 0 Å². The van der Waals surface area contributed by atoms with Crippen molar-refractivity contribution in [2.24, 2.45) is 0 Å². The number of carbonyl (C=O) groups excluding carboxylic acids is 1. The van der Waals surface area contributed by atoms with E-state index in [0.29, 0.717) is 23.1 Å². The van der Waals surface area contributed by atoms with Crippen LogP contribution in [0.25, 0.3) is 11.1 Å². The van der Waals surface area contributed by atoms with E-state index in [4.69, 9.17) is 4.74 Å². The van der Waals surface area contributed by atoms with Gasteiger partial charge in [0, 0.05) is 34.9 Å². The number of hydrogen-bond donors (Lipinski definition) is 1. The molecule has 0 aliphatic rings. The summed E-state index contributed by atoms with van der Waals surface area (Å²) in [6, 6.07) is 19.5. The topological polar surface area (TPSA) is 64.1 Å². The average Bonchev–Trinajstić information content (AvgIpc) is 2.86. The lowest BCUT2D eigenvalue weighted by molar-refractivity contribution is 0.102. The van der Waals surface area contributed by atoms with E-state index in [-0.39, 0.29) is 5.91 Å². The molecule has 2 aromatic heterocycles. The molecular formula is C30H31N3O2. The first-order chi connectivity index (χ1) is 16.9. The molecule has 2 aromatic carbocycles. The summed E-state index contributed by atoms with van der Waals surface area (Å²) in [6.07, 6.45) is 4.36. The van der Waals surface area contributed by atoms with Crippen LogP contribution < -0.4 is 10.1 Å². The highest BCUT2D eigenvalue weighted by Gasteiger charge is 2.15. The van der Waals surface area contributed by atoms with E-state index in [0.717, 1.165) is 40.1 Å². The highest BCUT2D eigenvalue weighted by Crippen LogP contribution is 2.33. The molecule has 2 heterocycles. The van der Waals surface area contributed by atoms with Crippen LogP contribution in [0, 0.1) is 13.8 Å². The van der Waals surface area contributed by atoms with E-state index in [2.05, 4.69) is 42.1 Å². The maximum absolute atomic E-state index is 13.1. The molecule has 4 rings (SSSR count). The van der Waals surface area contributed by atoms with Crippen molar-refractivity contribution in [2.45, 2.75) is 47.0 Å². The van der Waals surface area contributed by atoms with Crippen LogP contribution >= 0.6 is 0 Å². The summed E-state index contributed by atoms with van der Waals surface area (Å²) in [7, 11) is 0. The Morgan fingerprint density at radius 1 is 0.943 bits per heavy atom. The molecule has 178 valence electrons. The molecule has 35 heavy (non-hydrogen) atoms. The first kappa shape index (κ1) is 24.1. The molecular weight excluding hydrogens is 434 g/mol. The van der Waals surface area contributed by atoms with E-state index in [1.54, 1.807) is 18.5 Å². The van der Waals surface area contributed by atoms with E-state index >= 15 is 0 Å². The predicted molar refractivity (Wildman–Crippen MR) is 141 cm³/mol. The SMILES string of the molecule is CCc1cc(-c2cccnc2Oc2cc(C(=O)Nc3cc(C(C)C)ccc3C)ccc2C)ccn1. The van der Waals surface area contributed by atoms with Crippen LogP contribution in [0.5, 0.6) is 11.6 Å². The fourth-order valence-electron chi connectivity index (χ4n) is 3.81. The molecule has 1 amide bonds. The standard InChI is InChI=1S/C30H31N3O2/c1-6-25-16-23(13-15-31-25)26-8-7-14-32-30(26)35-28-18-24(12-10-21(28)5)29(34)33-27-17-22(19(2)3)11-9-20(27)4/h7-19H,6H2,1-5H3,(H,33,34). The van der Waals surface area contributed by atoms with Gasteiger partial charge >= 0.3 is 0 Å². The number of aromatic nitrogens is 2. The van der Waals surface area contributed by atoms with Gasteiger partial charge in [0.05, 0.1) is 0 Å². The third-order valence-corrected chi connectivity index (χ3v) is 6.09. The third-order valence-electron chi connectivity index (χ3n) is 6.09. The van der Waals surface area contributed by atoms with Crippen LogP contribution in [-0.4, -0.2) is 15.9 Å². The van der Waals surface area contributed by atoms with Crippen LogP contribution in [0.15, 0.2) is 73.1 Å². The van der Waals surface area contributed by atoms with Gasteiger partial charge in [-0.25, -0.2) is 4.98 Å². The van der Waals surface area contributed by atoms with Crippen molar-refractivity contribution in [1.82, 2.24) is 9.97 Å². The molecule has 1 N–H and O–H groups in total. The van der Waals surface area contributed by atoms with Crippen LogP contribution in [0.3, 0.4) is 0 Å². The maximum atomic E-state index is 13.1. The Hall–Kier alpha value is -3.99. The van der Waals surface area contributed by atoms with Gasteiger partial charge in [0.1, 0.15) is 5.75 Å². The number of ether oxygens (including phenoxy) is 1. The molecule has 0 saturated carbocycles. The van der Waals surface area contributed by atoms with Crippen LogP contribution in [-0.2, 0) is 6.42 Å². The number of benzene rings is 2. The van der Waals surface area contributed by atoms with Gasteiger partial charge in [-0.1, -0.05) is 39.0 Å². The largest absolute Gasteiger partial charge is 0.438 e. The van der Waals surface area contributed by atoms with Crippen molar-refractivity contribution in [3.05, 3.63) is 101 Å². The van der Waals surface area contributed by atoms with E-state index in [9.17, 15) is 4.79 Å². The summed E-state index contributed by atoms with van der Waals surface area (Å²) in [5.74, 6) is 1.28. The second-order valence-electron chi connectivity index (χ2n) is 9.01. The minimum absolute atomic E-state index is 0.179. The van der Waals surface area contributed by atoms with E-state index in [1.807, 2.05) is 62.4 Å². The molecule has 0 radical (unpaired) electrons. The van der Waals surface area contributed by atoms with Gasteiger partial charge < -0.3 is 10.1 Å². The van der Waals surface area contributed by atoms with Gasteiger partial charge in [0.2, 0.25) is 5.88 Å². The number of aryl methyl sites for hydroxylation is 3. The fraction of sp³-hybridized carbons (Fsp3) is 0.233. The molecule has 0 spiro atoms. The average molecular weight is 466 g/mol. The van der Waals surface area contributed by atoms with Crippen molar-refractivity contribution < 1.29 is 9.53 Å². The third kappa shape index (κ3) is 5.57. The second-order valence-corrected chi connectivity index (χ2v) is 9.01. The van der Waals surface area contributed by atoms with E-state index < -0.39 is 0 Å². The van der Waals surface area contributed by atoms with Gasteiger partial charge in [-0.15, -0.1) is 0 Å². The molecule has 0 unspecified atom stereocenters. The lowest BCUT2D eigenvalue weighted by atomic mass is 10.0. The first-order valence-electron chi connectivity index (χ1n) is 12.0. The summed E-state index contributed by atoms with van der Waals surface area (Å²) in [5.41, 5.74) is 7.34. The summed E-state index contributed by atoms with van der Waals surface area (Å²) in [5, 5.41) is 3.07. The molecule has 5 nitrogen and oxygen atoms in total. The number of carbonyl (C=O) groups is 1. The molecule has 0 aliphatic heterocycles. The molecule has 5 heteroatoms. The van der Waals surface area contributed by atoms with Crippen LogP contribution in [0.4, 0.5) is 5.69 Å². The molecule has 0 fully saturated rings. The fourth-order valence-corrected chi connectivity index (χ4v) is 3.81. The Kier molecular flexibility index (Phi) is 7.25. The predicted octanol–water partition coefficient (Wildman–Crippen LogP) is 7.49. The number of anilines is 1. The van der Waals surface area contributed by atoms with Crippen LogP contribution in [0.1, 0.15) is 59.4 Å². The Morgan fingerprint density at radius 3 is 2.51 bits per heavy atom. The van der Waals surface area contributed by atoms with Crippen molar-refractivity contribution in [3.8, 4) is 22.8 Å². The number of amides is 1. The smallest absolute Gasteiger partial charge is 0.255 e. The summed E-state index contributed by atoms with van der Waals surface area (Å²) in [4.78, 5) is 22.0. The summed E-state index contributed by atoms with van der Waals surface area (Å²) in [6.45, 7) is 10.3. The van der Waals surface area contributed by atoms with E-state index in [1.165, 1.54) is 5.56 Å². The first-order valence-corrected chi connectivity index (χ1v) is 12.0. The number of nitrogens with one attached hydrogen (secondary N) is 1. The molecule has 4 aromatic rings. The second kappa shape index (κ2) is 10.5. The zero-order chi connectivity index (χ0) is 24.9. The van der Waals surface area contributed by atoms with Gasteiger partial charge in [-0.05, 0) is 90.9 Å². The van der Waals surface area contributed by atoms with Crippen LogP contribution in [0.2, 0.25) is 0 Å². The Bertz CT molecular complexity index is 1360. The summed E-state index contributed by atoms with van der Waals surface area (Å²) < 4.78 is 6.27. The lowest BCUT2D eigenvalue weighted by Gasteiger charge is -2.15. The lowest BCUT2D eigenvalue weighted by Crippen LogP contribution is -2.13. The van der Waals surface area contributed by atoms with Crippen molar-refractivity contribution >= 4 is 11.6 Å². The minimum Gasteiger partial charge on any atom is -0.438 e. The van der Waals surface area contributed by atoms with Crippen molar-refractivity contribution in [3.63, 3.8) is 0 Å². The maximum Gasteiger partial charge on any atom is 0.255 e. The summed E-state index contributed by atoms with van der Waals surface area (Å²) >= 11 is 0. The Morgan fingerprint density at radius 2 is 1.74 bits per heavy atom. The van der Waals surface area contributed by atoms with Crippen molar-refractivity contribution in [2.75, 3.05) is 5.32 Å². The highest BCUT2D eigenvalue weighted by atomic mass is 16.5. The number of hydrogen-bond acceptors (Lipinski definition) is 4. The van der Waals surface area contributed by atoms with Gasteiger partial charge in [-0.3, -0.25) is 9.78 Å². The quantitative estimate of drug-likeness (QED) is 0.307. The van der Waals surface area contributed by atoms with Gasteiger partial charge in [0.15, 0.2) is 0 Å². The molecule has 0 saturated heterocycles. The molecule has 0 aliphatic carbocycles. The minimum atomic E-state index is -0.179. The normalized spacial score (nSPS) is 10.9.